The Morgan fingerprint density at radius 1 is 1.38 bits per heavy atom. The Morgan fingerprint density at radius 3 is 2.92 bits per heavy atom. The fraction of sp³-hybridized carbons (Fsp3) is 0.250. The summed E-state index contributed by atoms with van der Waals surface area (Å²) in [6.45, 7) is 0.454. The van der Waals surface area contributed by atoms with Crippen molar-refractivity contribution in [2.45, 2.75) is 11.3 Å². The van der Waals surface area contributed by atoms with Gasteiger partial charge in [-0.1, -0.05) is 11.6 Å². The van der Waals surface area contributed by atoms with Gasteiger partial charge in [0.15, 0.2) is 0 Å². The first-order chi connectivity index (χ1) is 6.09. The largest absolute Gasteiger partial charge is 0.240 e. The molecule has 1 aliphatic heterocycles. The van der Waals surface area contributed by atoms with Crippen LogP contribution in [0.4, 0.5) is 0 Å². The predicted octanol–water partition coefficient (Wildman–Crippen LogP) is 1.17. The van der Waals surface area contributed by atoms with Gasteiger partial charge in [-0.25, -0.2) is 13.1 Å². The highest BCUT2D eigenvalue weighted by Crippen LogP contribution is 2.23. The molecule has 13 heavy (non-hydrogen) atoms. The molecular formula is C8H8ClNO2S. The minimum Gasteiger partial charge on any atom is -0.211 e. The number of hydrogen-bond acceptors (Lipinski definition) is 2. The molecule has 0 saturated carbocycles. The number of benzene rings is 1. The van der Waals surface area contributed by atoms with Crippen LogP contribution in [-0.2, 0) is 16.4 Å². The van der Waals surface area contributed by atoms with Crippen molar-refractivity contribution in [1.29, 1.82) is 0 Å². The first-order valence-electron chi connectivity index (χ1n) is 3.88. The number of fused-ring (bicyclic) bond motifs is 1. The van der Waals surface area contributed by atoms with E-state index in [2.05, 4.69) is 4.72 Å². The van der Waals surface area contributed by atoms with Crippen LogP contribution in [0.3, 0.4) is 0 Å². The molecule has 2 rings (SSSR count). The number of halogens is 1. The SMILES string of the molecule is O=S1(=O)NCCc2cc(Cl)ccc21. The Kier molecular flexibility index (Phi) is 2.06. The fourth-order valence-electron chi connectivity index (χ4n) is 1.40. The second kappa shape index (κ2) is 2.97. The molecule has 0 bridgehead atoms. The van der Waals surface area contributed by atoms with E-state index in [0.717, 1.165) is 5.56 Å². The lowest BCUT2D eigenvalue weighted by molar-refractivity contribution is 0.573. The zero-order valence-corrected chi connectivity index (χ0v) is 8.32. The zero-order valence-electron chi connectivity index (χ0n) is 6.75. The van der Waals surface area contributed by atoms with Gasteiger partial charge in [-0.3, -0.25) is 0 Å². The van der Waals surface area contributed by atoms with Gasteiger partial charge in [0.1, 0.15) is 0 Å². The molecule has 0 spiro atoms. The molecule has 1 aromatic rings. The lowest BCUT2D eigenvalue weighted by Gasteiger charge is -2.16. The van der Waals surface area contributed by atoms with Crippen LogP contribution in [0.1, 0.15) is 5.56 Å². The summed E-state index contributed by atoms with van der Waals surface area (Å²) in [4.78, 5) is 0.350. The van der Waals surface area contributed by atoms with Crippen molar-refractivity contribution in [3.63, 3.8) is 0 Å². The summed E-state index contributed by atoms with van der Waals surface area (Å²) in [6.07, 6.45) is 0.703. The van der Waals surface area contributed by atoms with Crippen LogP contribution in [0.5, 0.6) is 0 Å². The van der Waals surface area contributed by atoms with Gasteiger partial charge in [0, 0.05) is 11.6 Å². The molecule has 0 amide bonds. The highest BCUT2D eigenvalue weighted by molar-refractivity contribution is 7.89. The van der Waals surface area contributed by atoms with Crippen LogP contribution in [0, 0.1) is 0 Å². The Balaban J connectivity index is 2.66. The summed E-state index contributed by atoms with van der Waals surface area (Å²) in [5.41, 5.74) is 0.797. The third kappa shape index (κ3) is 1.57. The quantitative estimate of drug-likeness (QED) is 0.709. The fourth-order valence-corrected chi connectivity index (χ4v) is 2.88. The lowest BCUT2D eigenvalue weighted by atomic mass is 10.1. The molecule has 1 heterocycles. The van der Waals surface area contributed by atoms with E-state index < -0.39 is 10.0 Å². The average Bonchev–Trinajstić information content (AvgIpc) is 2.02. The van der Waals surface area contributed by atoms with Gasteiger partial charge < -0.3 is 0 Å². The summed E-state index contributed by atoms with van der Waals surface area (Å²) in [5.74, 6) is 0. The molecule has 0 aromatic heterocycles. The van der Waals surface area contributed by atoms with E-state index in [9.17, 15) is 8.42 Å². The molecule has 0 saturated heterocycles. The monoisotopic (exact) mass is 217 g/mol. The van der Waals surface area contributed by atoms with Gasteiger partial charge in [-0.15, -0.1) is 0 Å². The van der Waals surface area contributed by atoms with Gasteiger partial charge in [0.25, 0.3) is 0 Å². The molecule has 1 aliphatic rings. The van der Waals surface area contributed by atoms with Crippen molar-refractivity contribution in [3.05, 3.63) is 28.8 Å². The molecule has 5 heteroatoms. The third-order valence-electron chi connectivity index (χ3n) is 2.00. The highest BCUT2D eigenvalue weighted by Gasteiger charge is 2.22. The zero-order chi connectivity index (χ0) is 9.47. The van der Waals surface area contributed by atoms with Crippen molar-refractivity contribution in [2.24, 2.45) is 0 Å². The average molecular weight is 218 g/mol. The molecule has 0 fully saturated rings. The minimum absolute atomic E-state index is 0.350. The first kappa shape index (κ1) is 8.99. The third-order valence-corrected chi connectivity index (χ3v) is 3.80. The lowest BCUT2D eigenvalue weighted by Crippen LogP contribution is -2.31. The molecule has 0 atom stereocenters. The van der Waals surface area contributed by atoms with E-state index in [0.29, 0.717) is 22.9 Å². The second-order valence-electron chi connectivity index (χ2n) is 2.90. The highest BCUT2D eigenvalue weighted by atomic mass is 35.5. The van der Waals surface area contributed by atoms with E-state index in [1.807, 2.05) is 0 Å². The minimum atomic E-state index is -3.27. The number of hydrogen-bond donors (Lipinski definition) is 1. The summed E-state index contributed by atoms with van der Waals surface area (Å²) < 4.78 is 25.3. The van der Waals surface area contributed by atoms with Crippen LogP contribution in [0.2, 0.25) is 5.02 Å². The van der Waals surface area contributed by atoms with Crippen LogP contribution in [0.25, 0.3) is 0 Å². The van der Waals surface area contributed by atoms with E-state index in [1.54, 1.807) is 18.2 Å². The standard InChI is InChI=1S/C8H8ClNO2S/c9-7-1-2-8-6(5-7)3-4-10-13(8,11)12/h1-2,5,10H,3-4H2. The van der Waals surface area contributed by atoms with Gasteiger partial charge in [-0.2, -0.15) is 0 Å². The second-order valence-corrected chi connectivity index (χ2v) is 5.07. The number of sulfonamides is 1. The van der Waals surface area contributed by atoms with Gasteiger partial charge in [0.2, 0.25) is 10.0 Å². The summed E-state index contributed by atoms with van der Waals surface area (Å²) in [5, 5.41) is 0.579. The molecule has 1 aromatic carbocycles. The van der Waals surface area contributed by atoms with Crippen LogP contribution in [-0.4, -0.2) is 15.0 Å². The van der Waals surface area contributed by atoms with Gasteiger partial charge in [-0.05, 0) is 30.2 Å². The van der Waals surface area contributed by atoms with E-state index in [4.69, 9.17) is 11.6 Å². The van der Waals surface area contributed by atoms with E-state index >= 15 is 0 Å². The van der Waals surface area contributed by atoms with Gasteiger partial charge >= 0.3 is 0 Å². The van der Waals surface area contributed by atoms with Crippen LogP contribution < -0.4 is 4.72 Å². The Labute approximate surface area is 81.8 Å². The van der Waals surface area contributed by atoms with Crippen molar-refractivity contribution in [1.82, 2.24) is 4.72 Å². The summed E-state index contributed by atoms with van der Waals surface area (Å²) in [6, 6.07) is 4.83. The molecule has 70 valence electrons. The number of nitrogens with one attached hydrogen (secondary N) is 1. The molecule has 1 N–H and O–H groups in total. The first-order valence-corrected chi connectivity index (χ1v) is 5.74. The van der Waals surface area contributed by atoms with Crippen molar-refractivity contribution in [2.75, 3.05) is 6.54 Å². The molecular weight excluding hydrogens is 210 g/mol. The van der Waals surface area contributed by atoms with E-state index in [-0.39, 0.29) is 0 Å². The number of rotatable bonds is 0. The van der Waals surface area contributed by atoms with Crippen molar-refractivity contribution < 1.29 is 8.42 Å². The summed E-state index contributed by atoms with van der Waals surface area (Å²) in [7, 11) is -3.27. The maximum atomic E-state index is 11.4. The smallest absolute Gasteiger partial charge is 0.211 e. The molecule has 0 unspecified atom stereocenters. The molecule has 0 aliphatic carbocycles. The molecule has 0 radical (unpaired) electrons. The maximum Gasteiger partial charge on any atom is 0.240 e. The van der Waals surface area contributed by atoms with Crippen molar-refractivity contribution in [3.8, 4) is 0 Å². The Morgan fingerprint density at radius 2 is 2.15 bits per heavy atom. The Bertz CT molecular complexity index is 441. The van der Waals surface area contributed by atoms with Crippen LogP contribution in [0.15, 0.2) is 23.1 Å². The Hall–Kier alpha value is -0.580. The van der Waals surface area contributed by atoms with Gasteiger partial charge in [0.05, 0.1) is 4.90 Å². The van der Waals surface area contributed by atoms with Crippen molar-refractivity contribution >= 4 is 21.6 Å². The summed E-state index contributed by atoms with van der Waals surface area (Å²) >= 11 is 5.75. The predicted molar refractivity (Wildman–Crippen MR) is 50.3 cm³/mol. The maximum absolute atomic E-state index is 11.4. The van der Waals surface area contributed by atoms with E-state index in [1.165, 1.54) is 0 Å². The topological polar surface area (TPSA) is 46.2 Å². The van der Waals surface area contributed by atoms with Crippen LogP contribution >= 0.6 is 11.6 Å². The molecule has 3 nitrogen and oxygen atoms in total. The normalized spacial score (nSPS) is 19.5.